The van der Waals surface area contributed by atoms with Gasteiger partial charge < -0.3 is 16.4 Å². The number of nitrogens with one attached hydrogen (secondary N) is 2. The van der Waals surface area contributed by atoms with Gasteiger partial charge >= 0.3 is 0 Å². The van der Waals surface area contributed by atoms with Gasteiger partial charge in [-0.2, -0.15) is 0 Å². The summed E-state index contributed by atoms with van der Waals surface area (Å²) >= 11 is 0. The Balaban J connectivity index is 1.95. The monoisotopic (exact) mass is 303 g/mol. The highest BCUT2D eigenvalue weighted by atomic mass is 16.2. The van der Waals surface area contributed by atoms with Crippen molar-refractivity contribution >= 4 is 17.5 Å². The third kappa shape index (κ3) is 4.56. The first-order valence-electron chi connectivity index (χ1n) is 7.90. The Kier molecular flexibility index (Phi) is 5.55. The molecule has 1 atom stereocenters. The fourth-order valence-electron chi connectivity index (χ4n) is 2.63. The fraction of sp³-hybridized carbons (Fsp3) is 0.529. The van der Waals surface area contributed by atoms with Gasteiger partial charge in [0.1, 0.15) is 0 Å². The first kappa shape index (κ1) is 16.5. The van der Waals surface area contributed by atoms with Crippen LogP contribution < -0.4 is 16.4 Å². The van der Waals surface area contributed by atoms with Crippen LogP contribution in [-0.2, 0) is 22.6 Å². The molecule has 0 spiro atoms. The standard InChI is InChI=1S/C17H25N3O2/c1-11(2)3-6-15(17(18)22)19-10-12-4-7-14-13(9-12)5-8-16(21)20-14/h4,7,9,11,15,19H,3,5-6,8,10H2,1-2H3,(H2,18,22)(H,20,21)/t15-/m1/s1. The minimum absolute atomic E-state index is 0.0702. The van der Waals surface area contributed by atoms with Gasteiger partial charge in [-0.05, 0) is 42.4 Å². The predicted octanol–water partition coefficient (Wildman–Crippen LogP) is 1.95. The van der Waals surface area contributed by atoms with Crippen LogP contribution in [0.3, 0.4) is 0 Å². The zero-order chi connectivity index (χ0) is 16.1. The molecule has 0 bridgehead atoms. The summed E-state index contributed by atoms with van der Waals surface area (Å²) < 4.78 is 0. The Morgan fingerprint density at radius 2 is 2.09 bits per heavy atom. The summed E-state index contributed by atoms with van der Waals surface area (Å²) in [5.74, 6) is 0.322. The molecule has 0 saturated heterocycles. The van der Waals surface area contributed by atoms with Gasteiger partial charge in [0.05, 0.1) is 6.04 Å². The second-order valence-corrected chi connectivity index (χ2v) is 6.35. The summed E-state index contributed by atoms with van der Waals surface area (Å²) in [4.78, 5) is 22.9. The number of carbonyl (C=O) groups is 2. The van der Waals surface area contributed by atoms with Crippen molar-refractivity contribution in [2.24, 2.45) is 11.7 Å². The summed E-state index contributed by atoms with van der Waals surface area (Å²) in [6, 6.07) is 5.69. The van der Waals surface area contributed by atoms with Crippen LogP contribution in [0.25, 0.3) is 0 Å². The van der Waals surface area contributed by atoms with Crippen molar-refractivity contribution in [3.05, 3.63) is 29.3 Å². The number of nitrogens with two attached hydrogens (primary N) is 1. The molecule has 0 fully saturated rings. The predicted molar refractivity (Wildman–Crippen MR) is 87.3 cm³/mol. The van der Waals surface area contributed by atoms with Gasteiger partial charge in [-0.25, -0.2) is 0 Å². The van der Waals surface area contributed by atoms with Crippen molar-refractivity contribution in [3.63, 3.8) is 0 Å². The molecule has 0 aromatic heterocycles. The molecule has 1 aromatic rings. The molecular formula is C17H25N3O2. The second kappa shape index (κ2) is 7.40. The smallest absolute Gasteiger partial charge is 0.234 e. The summed E-state index contributed by atoms with van der Waals surface area (Å²) in [5, 5.41) is 6.11. The first-order valence-corrected chi connectivity index (χ1v) is 7.90. The number of carbonyl (C=O) groups excluding carboxylic acids is 2. The van der Waals surface area contributed by atoms with Crippen molar-refractivity contribution in [2.45, 2.75) is 52.1 Å². The number of primary amides is 1. The van der Waals surface area contributed by atoms with Crippen LogP contribution in [-0.4, -0.2) is 17.9 Å². The number of fused-ring (bicyclic) bond motifs is 1. The SMILES string of the molecule is CC(C)CC[C@@H](NCc1ccc2c(c1)CCC(=O)N2)C(N)=O. The van der Waals surface area contributed by atoms with Crippen LogP contribution in [0, 0.1) is 5.92 Å². The third-order valence-corrected chi connectivity index (χ3v) is 3.99. The molecule has 2 rings (SSSR count). The highest BCUT2D eigenvalue weighted by Gasteiger charge is 2.17. The van der Waals surface area contributed by atoms with E-state index in [-0.39, 0.29) is 17.9 Å². The van der Waals surface area contributed by atoms with Crippen LogP contribution in [0.5, 0.6) is 0 Å². The van der Waals surface area contributed by atoms with E-state index in [1.807, 2.05) is 12.1 Å². The minimum atomic E-state index is -0.300. The maximum Gasteiger partial charge on any atom is 0.234 e. The van der Waals surface area contributed by atoms with Crippen LogP contribution in [0.15, 0.2) is 18.2 Å². The Labute approximate surface area is 131 Å². The quantitative estimate of drug-likeness (QED) is 0.720. The Morgan fingerprint density at radius 1 is 1.32 bits per heavy atom. The number of aryl methyl sites for hydroxylation is 1. The van der Waals surface area contributed by atoms with E-state index in [1.165, 1.54) is 0 Å². The maximum absolute atomic E-state index is 11.5. The lowest BCUT2D eigenvalue weighted by Gasteiger charge is -2.19. The summed E-state index contributed by atoms with van der Waals surface area (Å²) in [7, 11) is 0. The van der Waals surface area contributed by atoms with Gasteiger partial charge in [-0.3, -0.25) is 9.59 Å². The van der Waals surface area contributed by atoms with Crippen molar-refractivity contribution < 1.29 is 9.59 Å². The molecule has 0 radical (unpaired) electrons. The molecule has 1 aliphatic heterocycles. The lowest BCUT2D eigenvalue weighted by molar-refractivity contribution is -0.120. The molecule has 0 aliphatic carbocycles. The zero-order valence-electron chi connectivity index (χ0n) is 13.3. The second-order valence-electron chi connectivity index (χ2n) is 6.35. The average molecular weight is 303 g/mol. The molecule has 0 saturated carbocycles. The number of rotatable bonds is 7. The number of amides is 2. The normalized spacial score (nSPS) is 15.3. The largest absolute Gasteiger partial charge is 0.368 e. The number of hydrogen-bond acceptors (Lipinski definition) is 3. The zero-order valence-corrected chi connectivity index (χ0v) is 13.3. The van der Waals surface area contributed by atoms with Gasteiger partial charge in [0.25, 0.3) is 0 Å². The van der Waals surface area contributed by atoms with Crippen LogP contribution in [0.4, 0.5) is 5.69 Å². The lowest BCUT2D eigenvalue weighted by Crippen LogP contribution is -2.41. The van der Waals surface area contributed by atoms with E-state index in [9.17, 15) is 9.59 Å². The molecule has 5 nitrogen and oxygen atoms in total. The summed E-state index contributed by atoms with van der Waals surface area (Å²) in [6.07, 6.45) is 3.02. The summed E-state index contributed by atoms with van der Waals surface area (Å²) in [5.41, 5.74) is 8.61. The van der Waals surface area contributed by atoms with E-state index in [2.05, 4.69) is 30.5 Å². The molecule has 2 amide bonds. The van der Waals surface area contributed by atoms with E-state index >= 15 is 0 Å². The van der Waals surface area contributed by atoms with Gasteiger partial charge in [0, 0.05) is 18.7 Å². The van der Waals surface area contributed by atoms with Gasteiger partial charge in [0.15, 0.2) is 0 Å². The third-order valence-electron chi connectivity index (χ3n) is 3.99. The Bertz CT molecular complexity index is 555. The molecule has 1 aromatic carbocycles. The van der Waals surface area contributed by atoms with E-state index in [0.717, 1.165) is 36.1 Å². The maximum atomic E-state index is 11.5. The number of anilines is 1. The lowest BCUT2D eigenvalue weighted by atomic mass is 9.99. The van der Waals surface area contributed by atoms with E-state index in [0.29, 0.717) is 18.9 Å². The highest BCUT2D eigenvalue weighted by Crippen LogP contribution is 2.23. The van der Waals surface area contributed by atoms with E-state index < -0.39 is 0 Å². The van der Waals surface area contributed by atoms with E-state index in [4.69, 9.17) is 5.73 Å². The minimum Gasteiger partial charge on any atom is -0.368 e. The van der Waals surface area contributed by atoms with E-state index in [1.54, 1.807) is 0 Å². The number of hydrogen-bond donors (Lipinski definition) is 3. The molecule has 1 aliphatic rings. The Morgan fingerprint density at radius 3 is 2.77 bits per heavy atom. The molecule has 5 heteroatoms. The van der Waals surface area contributed by atoms with Crippen molar-refractivity contribution in [2.75, 3.05) is 5.32 Å². The molecule has 4 N–H and O–H groups in total. The van der Waals surface area contributed by atoms with Crippen molar-refractivity contribution in [3.8, 4) is 0 Å². The highest BCUT2D eigenvalue weighted by molar-refractivity contribution is 5.93. The molecule has 1 heterocycles. The molecule has 0 unspecified atom stereocenters. The topological polar surface area (TPSA) is 84.2 Å². The van der Waals surface area contributed by atoms with Gasteiger partial charge in [-0.15, -0.1) is 0 Å². The molecule has 120 valence electrons. The number of benzene rings is 1. The van der Waals surface area contributed by atoms with Gasteiger partial charge in [0.2, 0.25) is 11.8 Å². The fourth-order valence-corrected chi connectivity index (χ4v) is 2.63. The Hall–Kier alpha value is -1.88. The van der Waals surface area contributed by atoms with Crippen LogP contribution in [0.2, 0.25) is 0 Å². The van der Waals surface area contributed by atoms with Crippen molar-refractivity contribution in [1.29, 1.82) is 0 Å². The van der Waals surface area contributed by atoms with Crippen LogP contribution in [0.1, 0.15) is 44.2 Å². The molecular weight excluding hydrogens is 278 g/mol. The van der Waals surface area contributed by atoms with Crippen molar-refractivity contribution in [1.82, 2.24) is 5.32 Å². The average Bonchev–Trinajstić information content (AvgIpc) is 2.46. The first-order chi connectivity index (χ1) is 10.5. The summed E-state index contributed by atoms with van der Waals surface area (Å²) in [6.45, 7) is 4.87. The van der Waals surface area contributed by atoms with Crippen LogP contribution >= 0.6 is 0 Å². The van der Waals surface area contributed by atoms with Gasteiger partial charge in [-0.1, -0.05) is 26.0 Å². The molecule has 22 heavy (non-hydrogen) atoms.